The fraction of sp³-hybridized carbons (Fsp3) is 0.579. The zero-order valence-electron chi connectivity index (χ0n) is 14.4. The average molecular weight is 314 g/mol. The van der Waals surface area contributed by atoms with Crippen molar-refractivity contribution in [3.63, 3.8) is 0 Å². The molecular formula is C19H26N2O2. The third-order valence-electron chi connectivity index (χ3n) is 5.09. The second kappa shape index (κ2) is 6.34. The molecule has 0 radical (unpaired) electrons. The van der Waals surface area contributed by atoms with Crippen LogP contribution in [0.1, 0.15) is 46.3 Å². The minimum absolute atomic E-state index is 0.103. The van der Waals surface area contributed by atoms with Gasteiger partial charge in [0.2, 0.25) is 5.91 Å². The van der Waals surface area contributed by atoms with Crippen molar-refractivity contribution in [3.8, 4) is 0 Å². The van der Waals surface area contributed by atoms with Gasteiger partial charge in [-0.05, 0) is 62.8 Å². The lowest BCUT2D eigenvalue weighted by Gasteiger charge is -2.23. The number of carbonyl (C=O) groups excluding carboxylic acids is 2. The summed E-state index contributed by atoms with van der Waals surface area (Å²) in [6.45, 7) is 8.95. The minimum Gasteiger partial charge on any atom is -0.341 e. The maximum atomic E-state index is 12.9. The van der Waals surface area contributed by atoms with Crippen molar-refractivity contribution in [1.82, 2.24) is 9.80 Å². The molecule has 4 heteroatoms. The van der Waals surface area contributed by atoms with Gasteiger partial charge in [-0.15, -0.1) is 0 Å². The molecule has 1 aromatic carbocycles. The smallest absolute Gasteiger partial charge is 0.254 e. The molecule has 2 aliphatic rings. The van der Waals surface area contributed by atoms with E-state index in [0.717, 1.165) is 49.0 Å². The lowest BCUT2D eigenvalue weighted by molar-refractivity contribution is -0.132. The van der Waals surface area contributed by atoms with E-state index in [0.29, 0.717) is 19.0 Å². The third kappa shape index (κ3) is 3.41. The number of hydrogen-bond acceptors (Lipinski definition) is 2. The van der Waals surface area contributed by atoms with Gasteiger partial charge in [-0.1, -0.05) is 6.07 Å². The molecule has 23 heavy (non-hydrogen) atoms. The summed E-state index contributed by atoms with van der Waals surface area (Å²) in [6, 6.07) is 4.09. The van der Waals surface area contributed by atoms with Crippen LogP contribution in [0, 0.1) is 26.7 Å². The van der Waals surface area contributed by atoms with Gasteiger partial charge in [-0.3, -0.25) is 9.59 Å². The lowest BCUT2D eigenvalue weighted by Crippen LogP contribution is -2.38. The summed E-state index contributed by atoms with van der Waals surface area (Å²) < 4.78 is 0. The van der Waals surface area contributed by atoms with Crippen molar-refractivity contribution in [1.29, 1.82) is 0 Å². The summed E-state index contributed by atoms with van der Waals surface area (Å²) in [5.41, 5.74) is 4.21. The monoisotopic (exact) mass is 314 g/mol. The van der Waals surface area contributed by atoms with E-state index in [-0.39, 0.29) is 11.8 Å². The first kappa shape index (κ1) is 16.0. The normalized spacial score (nSPS) is 18.7. The number of hydrogen-bond donors (Lipinski definition) is 0. The highest BCUT2D eigenvalue weighted by molar-refractivity contribution is 5.96. The molecule has 1 heterocycles. The van der Waals surface area contributed by atoms with Crippen LogP contribution in [0.15, 0.2) is 12.1 Å². The summed E-state index contributed by atoms with van der Waals surface area (Å²) in [5.74, 6) is 0.659. The summed E-state index contributed by atoms with van der Waals surface area (Å²) in [5, 5.41) is 0. The van der Waals surface area contributed by atoms with Crippen molar-refractivity contribution in [3.05, 3.63) is 34.4 Å². The molecule has 0 spiro atoms. The van der Waals surface area contributed by atoms with E-state index in [9.17, 15) is 9.59 Å². The van der Waals surface area contributed by atoms with Crippen molar-refractivity contribution in [2.45, 2.75) is 40.0 Å². The second-order valence-corrected chi connectivity index (χ2v) is 7.00. The zero-order valence-corrected chi connectivity index (χ0v) is 14.4. The largest absolute Gasteiger partial charge is 0.341 e. The van der Waals surface area contributed by atoms with Gasteiger partial charge in [0.25, 0.3) is 5.91 Å². The second-order valence-electron chi connectivity index (χ2n) is 7.00. The molecule has 0 bridgehead atoms. The van der Waals surface area contributed by atoms with E-state index in [4.69, 9.17) is 0 Å². The summed E-state index contributed by atoms with van der Waals surface area (Å²) in [4.78, 5) is 29.0. The Morgan fingerprint density at radius 1 is 0.870 bits per heavy atom. The lowest BCUT2D eigenvalue weighted by atomic mass is 10.00. The van der Waals surface area contributed by atoms with Gasteiger partial charge in [0.05, 0.1) is 0 Å². The Balaban J connectivity index is 1.70. The molecule has 1 saturated heterocycles. The Kier molecular flexibility index (Phi) is 4.42. The van der Waals surface area contributed by atoms with Crippen molar-refractivity contribution in [2.24, 2.45) is 5.92 Å². The van der Waals surface area contributed by atoms with Crippen LogP contribution in [0.3, 0.4) is 0 Å². The Labute approximate surface area is 138 Å². The fourth-order valence-electron chi connectivity index (χ4n) is 3.29. The van der Waals surface area contributed by atoms with E-state index < -0.39 is 0 Å². The number of carbonyl (C=O) groups is 2. The molecule has 2 fully saturated rings. The first-order valence-electron chi connectivity index (χ1n) is 8.63. The quantitative estimate of drug-likeness (QED) is 0.842. The first-order chi connectivity index (χ1) is 11.0. The predicted octanol–water partition coefficient (Wildman–Crippen LogP) is 2.70. The van der Waals surface area contributed by atoms with Gasteiger partial charge >= 0.3 is 0 Å². The Hall–Kier alpha value is -1.84. The van der Waals surface area contributed by atoms with Gasteiger partial charge in [0.15, 0.2) is 0 Å². The molecule has 0 unspecified atom stereocenters. The van der Waals surface area contributed by atoms with Crippen LogP contribution < -0.4 is 0 Å². The molecule has 1 aromatic rings. The number of rotatable bonds is 2. The van der Waals surface area contributed by atoms with Crippen LogP contribution >= 0.6 is 0 Å². The Morgan fingerprint density at radius 2 is 1.48 bits per heavy atom. The Bertz CT molecular complexity index is 635. The highest BCUT2D eigenvalue weighted by atomic mass is 16.2. The van der Waals surface area contributed by atoms with Crippen LogP contribution in [0.25, 0.3) is 0 Å². The fourth-order valence-corrected chi connectivity index (χ4v) is 3.29. The maximum absolute atomic E-state index is 12.9. The number of nitrogens with zero attached hydrogens (tertiary/aromatic N) is 2. The maximum Gasteiger partial charge on any atom is 0.254 e. The minimum atomic E-state index is 0.103. The van der Waals surface area contributed by atoms with E-state index in [1.807, 2.05) is 29.7 Å². The van der Waals surface area contributed by atoms with Gasteiger partial charge in [-0.2, -0.15) is 0 Å². The molecular weight excluding hydrogens is 288 g/mol. The van der Waals surface area contributed by atoms with Gasteiger partial charge in [0.1, 0.15) is 0 Å². The van der Waals surface area contributed by atoms with Crippen LogP contribution in [-0.4, -0.2) is 47.8 Å². The predicted molar refractivity (Wildman–Crippen MR) is 90.5 cm³/mol. The van der Waals surface area contributed by atoms with Crippen molar-refractivity contribution in [2.75, 3.05) is 26.2 Å². The molecule has 1 saturated carbocycles. The molecule has 0 N–H and O–H groups in total. The third-order valence-corrected chi connectivity index (χ3v) is 5.09. The highest BCUT2D eigenvalue weighted by Gasteiger charge is 2.34. The van der Waals surface area contributed by atoms with Crippen LogP contribution in [-0.2, 0) is 4.79 Å². The summed E-state index contributed by atoms with van der Waals surface area (Å²) in [6.07, 6.45) is 2.95. The molecule has 2 amide bonds. The molecule has 0 aromatic heterocycles. The molecule has 124 valence electrons. The summed E-state index contributed by atoms with van der Waals surface area (Å²) >= 11 is 0. The van der Waals surface area contributed by atoms with Gasteiger partial charge in [-0.25, -0.2) is 0 Å². The van der Waals surface area contributed by atoms with E-state index in [1.165, 1.54) is 5.56 Å². The standard InChI is InChI=1S/C19H26N2O2/c1-13-11-15(3)17(12-14(13)2)19(23)21-8-4-7-20(9-10-21)18(22)16-5-6-16/h11-12,16H,4-10H2,1-3H3. The zero-order chi connectivity index (χ0) is 16.6. The topological polar surface area (TPSA) is 40.6 Å². The average Bonchev–Trinajstić information content (AvgIpc) is 3.35. The SMILES string of the molecule is Cc1cc(C)c(C(=O)N2CCCN(C(=O)C3CC3)CC2)cc1C. The molecule has 0 atom stereocenters. The Morgan fingerprint density at radius 3 is 2.17 bits per heavy atom. The van der Waals surface area contributed by atoms with Gasteiger partial charge in [0, 0.05) is 37.7 Å². The van der Waals surface area contributed by atoms with E-state index >= 15 is 0 Å². The van der Waals surface area contributed by atoms with Crippen LogP contribution in [0.4, 0.5) is 0 Å². The van der Waals surface area contributed by atoms with Crippen LogP contribution in [0.5, 0.6) is 0 Å². The van der Waals surface area contributed by atoms with Crippen molar-refractivity contribution < 1.29 is 9.59 Å². The number of aryl methyl sites for hydroxylation is 3. The number of amides is 2. The van der Waals surface area contributed by atoms with E-state index in [2.05, 4.69) is 13.0 Å². The van der Waals surface area contributed by atoms with Gasteiger partial charge < -0.3 is 9.80 Å². The molecule has 4 nitrogen and oxygen atoms in total. The van der Waals surface area contributed by atoms with Crippen LogP contribution in [0.2, 0.25) is 0 Å². The summed E-state index contributed by atoms with van der Waals surface area (Å²) in [7, 11) is 0. The van der Waals surface area contributed by atoms with E-state index in [1.54, 1.807) is 0 Å². The molecule has 1 aliphatic heterocycles. The number of benzene rings is 1. The van der Waals surface area contributed by atoms with Crippen molar-refractivity contribution >= 4 is 11.8 Å². The highest BCUT2D eigenvalue weighted by Crippen LogP contribution is 2.31. The first-order valence-corrected chi connectivity index (χ1v) is 8.63. The molecule has 3 rings (SSSR count). The molecule has 1 aliphatic carbocycles.